The van der Waals surface area contributed by atoms with E-state index in [1.165, 1.54) is 5.56 Å². The molecule has 0 radical (unpaired) electrons. The molecule has 0 aliphatic heterocycles. The van der Waals surface area contributed by atoms with Crippen molar-refractivity contribution in [2.75, 3.05) is 6.61 Å². The number of hydrogen-bond acceptors (Lipinski definition) is 3. The lowest BCUT2D eigenvalue weighted by Gasteiger charge is -2.20. The summed E-state index contributed by atoms with van der Waals surface area (Å²) >= 11 is 0. The highest BCUT2D eigenvalue weighted by molar-refractivity contribution is 6.09. The molecule has 2 aromatic heterocycles. The lowest BCUT2D eigenvalue weighted by atomic mass is 10.0. The second kappa shape index (κ2) is 7.23. The zero-order valence-electron chi connectivity index (χ0n) is 15.6. The number of benzene rings is 2. The van der Waals surface area contributed by atoms with E-state index in [1.807, 2.05) is 18.2 Å². The van der Waals surface area contributed by atoms with Crippen LogP contribution in [0.5, 0.6) is 0 Å². The minimum Gasteiger partial charge on any atom is -0.461 e. The van der Waals surface area contributed by atoms with E-state index in [0.29, 0.717) is 12.3 Å². The molecule has 136 valence electrons. The highest BCUT2D eigenvalue weighted by Gasteiger charge is 2.20. The van der Waals surface area contributed by atoms with Gasteiger partial charge in [-0.3, -0.25) is 0 Å². The number of rotatable bonds is 5. The third-order valence-electron chi connectivity index (χ3n) is 4.96. The molecule has 0 aliphatic rings. The van der Waals surface area contributed by atoms with Gasteiger partial charge in [-0.2, -0.15) is 0 Å². The number of ether oxygens (including phenoxy) is 1. The fraction of sp³-hybridized carbons (Fsp3) is 0.217. The molecule has 2 aromatic carbocycles. The van der Waals surface area contributed by atoms with E-state index in [1.54, 1.807) is 13.1 Å². The number of carbonyl (C=O) groups excluding carboxylic acids is 1. The zero-order valence-corrected chi connectivity index (χ0v) is 15.6. The standard InChI is InChI=1S/C23H22N2O2/c1-3-20(16-10-6-5-7-11-16)25-21-13-9-8-12-17(21)18-14-19(23(26)27-4-2)24-15-22(18)25/h5-15,20H,3-4H2,1-2H3. The van der Waals surface area contributed by atoms with Gasteiger partial charge >= 0.3 is 5.97 Å². The largest absolute Gasteiger partial charge is 0.461 e. The number of pyridine rings is 1. The van der Waals surface area contributed by atoms with E-state index < -0.39 is 0 Å². The van der Waals surface area contributed by atoms with Crippen molar-refractivity contribution in [3.63, 3.8) is 0 Å². The summed E-state index contributed by atoms with van der Waals surface area (Å²) in [5.74, 6) is -0.383. The molecule has 0 fully saturated rings. The minimum atomic E-state index is -0.383. The highest BCUT2D eigenvalue weighted by Crippen LogP contribution is 2.35. The third-order valence-corrected chi connectivity index (χ3v) is 4.96. The number of fused-ring (bicyclic) bond motifs is 3. The van der Waals surface area contributed by atoms with Crippen LogP contribution in [-0.4, -0.2) is 22.1 Å². The van der Waals surface area contributed by atoms with Gasteiger partial charge in [0.2, 0.25) is 0 Å². The van der Waals surface area contributed by atoms with Gasteiger partial charge < -0.3 is 9.30 Å². The van der Waals surface area contributed by atoms with Crippen LogP contribution >= 0.6 is 0 Å². The molecule has 4 rings (SSSR count). The summed E-state index contributed by atoms with van der Waals surface area (Å²) in [7, 11) is 0. The normalized spacial score (nSPS) is 12.4. The first kappa shape index (κ1) is 17.3. The Balaban J connectivity index is 1.98. The molecule has 0 bridgehead atoms. The number of esters is 1. The molecule has 0 aliphatic carbocycles. The molecular formula is C23H22N2O2. The first-order valence-corrected chi connectivity index (χ1v) is 9.35. The number of nitrogens with zero attached hydrogens (tertiary/aromatic N) is 2. The summed E-state index contributed by atoms with van der Waals surface area (Å²) in [5, 5.41) is 2.15. The Hall–Kier alpha value is -3.14. The highest BCUT2D eigenvalue weighted by atomic mass is 16.5. The van der Waals surface area contributed by atoms with Crippen LogP contribution in [0.4, 0.5) is 0 Å². The van der Waals surface area contributed by atoms with E-state index >= 15 is 0 Å². The Morgan fingerprint density at radius 2 is 1.74 bits per heavy atom. The summed E-state index contributed by atoms with van der Waals surface area (Å²) < 4.78 is 7.46. The van der Waals surface area contributed by atoms with Gasteiger partial charge in [-0.25, -0.2) is 9.78 Å². The zero-order chi connectivity index (χ0) is 18.8. The second-order valence-corrected chi connectivity index (χ2v) is 6.53. The lowest BCUT2D eigenvalue weighted by molar-refractivity contribution is 0.0519. The van der Waals surface area contributed by atoms with Crippen molar-refractivity contribution in [1.29, 1.82) is 0 Å². The predicted octanol–water partition coefficient (Wildman–Crippen LogP) is 5.37. The molecule has 0 saturated carbocycles. The number of para-hydroxylation sites is 1. The molecule has 1 atom stereocenters. The SMILES string of the molecule is CCOC(=O)c1cc2c3ccccc3n(C(CC)c3ccccc3)c2cn1. The number of hydrogen-bond donors (Lipinski definition) is 0. The van der Waals surface area contributed by atoms with Crippen molar-refractivity contribution in [3.05, 3.63) is 78.1 Å². The van der Waals surface area contributed by atoms with Crippen LogP contribution in [0.2, 0.25) is 0 Å². The molecule has 0 saturated heterocycles. The Kier molecular flexibility index (Phi) is 4.63. The third kappa shape index (κ3) is 2.97. The molecule has 0 amide bonds. The quantitative estimate of drug-likeness (QED) is 0.451. The van der Waals surface area contributed by atoms with Crippen LogP contribution in [0, 0.1) is 0 Å². The van der Waals surface area contributed by atoms with Crippen molar-refractivity contribution in [1.82, 2.24) is 9.55 Å². The molecule has 4 heteroatoms. The van der Waals surface area contributed by atoms with Crippen LogP contribution in [0.15, 0.2) is 66.9 Å². The van der Waals surface area contributed by atoms with E-state index in [9.17, 15) is 4.79 Å². The molecule has 2 heterocycles. The topological polar surface area (TPSA) is 44.1 Å². The second-order valence-electron chi connectivity index (χ2n) is 6.53. The summed E-state index contributed by atoms with van der Waals surface area (Å²) in [5.41, 5.74) is 3.78. The van der Waals surface area contributed by atoms with Crippen LogP contribution < -0.4 is 0 Å². The van der Waals surface area contributed by atoms with Gasteiger partial charge in [-0.15, -0.1) is 0 Å². The van der Waals surface area contributed by atoms with Gasteiger partial charge in [-0.05, 0) is 31.0 Å². The maximum atomic E-state index is 12.2. The first-order chi connectivity index (χ1) is 13.2. The maximum absolute atomic E-state index is 12.2. The monoisotopic (exact) mass is 358 g/mol. The molecule has 4 aromatic rings. The average Bonchev–Trinajstić information content (AvgIpc) is 3.04. The van der Waals surface area contributed by atoms with Gasteiger partial charge in [0.05, 0.1) is 24.4 Å². The van der Waals surface area contributed by atoms with Crippen LogP contribution in [-0.2, 0) is 4.74 Å². The van der Waals surface area contributed by atoms with Crippen molar-refractivity contribution in [2.24, 2.45) is 0 Å². The Morgan fingerprint density at radius 1 is 1.00 bits per heavy atom. The summed E-state index contributed by atoms with van der Waals surface area (Å²) in [4.78, 5) is 16.5. The molecule has 27 heavy (non-hydrogen) atoms. The average molecular weight is 358 g/mol. The van der Waals surface area contributed by atoms with Crippen LogP contribution in [0.1, 0.15) is 42.4 Å². The number of carbonyl (C=O) groups is 1. The van der Waals surface area contributed by atoms with Gasteiger partial charge in [-0.1, -0.05) is 55.5 Å². The Labute approximate surface area is 158 Å². The fourth-order valence-corrected chi connectivity index (χ4v) is 3.79. The molecule has 4 nitrogen and oxygen atoms in total. The fourth-order valence-electron chi connectivity index (χ4n) is 3.79. The number of aromatic nitrogens is 2. The summed E-state index contributed by atoms with van der Waals surface area (Å²) in [6.07, 6.45) is 2.75. The molecular weight excluding hydrogens is 336 g/mol. The van der Waals surface area contributed by atoms with Crippen LogP contribution in [0.25, 0.3) is 21.8 Å². The van der Waals surface area contributed by atoms with Gasteiger partial charge in [0.25, 0.3) is 0 Å². The van der Waals surface area contributed by atoms with Gasteiger partial charge in [0.15, 0.2) is 0 Å². The maximum Gasteiger partial charge on any atom is 0.356 e. The van der Waals surface area contributed by atoms with Crippen molar-refractivity contribution in [3.8, 4) is 0 Å². The smallest absolute Gasteiger partial charge is 0.356 e. The molecule has 0 spiro atoms. The van der Waals surface area contributed by atoms with Gasteiger partial charge in [0, 0.05) is 16.3 Å². The first-order valence-electron chi connectivity index (χ1n) is 9.35. The van der Waals surface area contributed by atoms with Crippen LogP contribution in [0.3, 0.4) is 0 Å². The van der Waals surface area contributed by atoms with E-state index in [2.05, 4.69) is 58.9 Å². The predicted molar refractivity (Wildman–Crippen MR) is 108 cm³/mol. The van der Waals surface area contributed by atoms with E-state index in [-0.39, 0.29) is 12.0 Å². The summed E-state index contributed by atoms with van der Waals surface area (Å²) in [6.45, 7) is 4.33. The Morgan fingerprint density at radius 3 is 2.48 bits per heavy atom. The van der Waals surface area contributed by atoms with Crippen molar-refractivity contribution >= 4 is 27.8 Å². The van der Waals surface area contributed by atoms with Crippen molar-refractivity contribution < 1.29 is 9.53 Å². The van der Waals surface area contributed by atoms with E-state index in [4.69, 9.17) is 4.74 Å². The molecule has 0 N–H and O–H groups in total. The van der Waals surface area contributed by atoms with E-state index in [0.717, 1.165) is 28.2 Å². The molecule has 1 unspecified atom stereocenters. The Bertz CT molecular complexity index is 1100. The summed E-state index contributed by atoms with van der Waals surface area (Å²) in [6, 6.07) is 20.9. The lowest BCUT2D eigenvalue weighted by Crippen LogP contribution is -2.10. The van der Waals surface area contributed by atoms with Crippen molar-refractivity contribution in [2.45, 2.75) is 26.3 Å². The minimum absolute atomic E-state index is 0.198. The van der Waals surface area contributed by atoms with Gasteiger partial charge in [0.1, 0.15) is 5.69 Å².